The zero-order valence-corrected chi connectivity index (χ0v) is 25.5. The Morgan fingerprint density at radius 3 is 2.12 bits per heavy atom. The van der Waals surface area contributed by atoms with Crippen molar-refractivity contribution in [2.75, 3.05) is 26.2 Å². The Bertz CT molecular complexity index is 1250. The topological polar surface area (TPSA) is 75.5 Å². The monoisotopic (exact) mass is 584 g/mol. The molecule has 43 heavy (non-hydrogen) atoms. The molecule has 1 aromatic heterocycles. The minimum absolute atomic E-state index is 0.0153. The molecule has 0 radical (unpaired) electrons. The summed E-state index contributed by atoms with van der Waals surface area (Å²) >= 11 is 0. The van der Waals surface area contributed by atoms with Crippen LogP contribution in [0.5, 0.6) is 0 Å². The van der Waals surface area contributed by atoms with Gasteiger partial charge in [0.05, 0.1) is 24.0 Å². The van der Waals surface area contributed by atoms with Crippen molar-refractivity contribution in [1.82, 2.24) is 30.1 Å². The fraction of sp³-hybridized carbons (Fsp3) is 0.571. The van der Waals surface area contributed by atoms with Gasteiger partial charge in [0, 0.05) is 38.8 Å². The third-order valence-corrected chi connectivity index (χ3v) is 9.71. The standard InChI is InChI=1S/C35H48N6O2/c42-35(43-32-18-10-11-19-32)36-33(24-28-12-4-1-5-13-28)34(25-29-14-6-2-7-15-29)41-27-30(37-38-41)26-39-20-22-40(23-21-39)31-16-8-3-9-17-31/h1-2,4-7,12-15,27,31-34H,3,8-11,16-26H2,(H,36,42)/t33-,34-/m0/s1. The van der Waals surface area contributed by atoms with Crippen LogP contribution in [-0.4, -0.2) is 75.3 Å². The summed E-state index contributed by atoms with van der Waals surface area (Å²) in [6.07, 6.45) is 14.2. The number of rotatable bonds is 11. The number of hydrogen-bond acceptors (Lipinski definition) is 6. The van der Waals surface area contributed by atoms with Crippen molar-refractivity contribution < 1.29 is 9.53 Å². The number of carbonyl (C=O) groups excluding carboxylic acids is 1. The highest BCUT2D eigenvalue weighted by Gasteiger charge is 2.30. The molecule has 0 spiro atoms. The number of carbonyl (C=O) groups is 1. The summed E-state index contributed by atoms with van der Waals surface area (Å²) < 4.78 is 7.86. The summed E-state index contributed by atoms with van der Waals surface area (Å²) in [6.45, 7) is 5.23. The first-order valence-electron chi connectivity index (χ1n) is 16.6. The number of benzene rings is 2. The van der Waals surface area contributed by atoms with Crippen molar-refractivity contribution in [3.63, 3.8) is 0 Å². The Hall–Kier alpha value is -3.23. The number of piperazine rings is 1. The number of amides is 1. The first-order chi connectivity index (χ1) is 21.2. The highest BCUT2D eigenvalue weighted by Crippen LogP contribution is 2.26. The van der Waals surface area contributed by atoms with Crippen LogP contribution in [0.25, 0.3) is 0 Å². The molecule has 3 aliphatic rings. The largest absolute Gasteiger partial charge is 0.446 e. The maximum absolute atomic E-state index is 13.2. The van der Waals surface area contributed by atoms with Crippen LogP contribution in [0.1, 0.15) is 80.7 Å². The summed E-state index contributed by atoms with van der Waals surface area (Å²) in [4.78, 5) is 18.4. The maximum Gasteiger partial charge on any atom is 0.407 e. The summed E-state index contributed by atoms with van der Waals surface area (Å²) in [6, 6.07) is 21.3. The predicted molar refractivity (Wildman–Crippen MR) is 169 cm³/mol. The van der Waals surface area contributed by atoms with Gasteiger partial charge in [0.2, 0.25) is 0 Å². The summed E-state index contributed by atoms with van der Waals surface area (Å²) in [5.41, 5.74) is 3.35. The molecular formula is C35H48N6O2. The highest BCUT2D eigenvalue weighted by atomic mass is 16.6. The van der Waals surface area contributed by atoms with E-state index >= 15 is 0 Å². The lowest BCUT2D eigenvalue weighted by Gasteiger charge is -2.40. The van der Waals surface area contributed by atoms with E-state index in [9.17, 15) is 4.79 Å². The summed E-state index contributed by atoms with van der Waals surface area (Å²) in [5, 5.41) is 12.6. The molecule has 0 unspecified atom stereocenters. The van der Waals surface area contributed by atoms with Gasteiger partial charge in [-0.15, -0.1) is 5.10 Å². The lowest BCUT2D eigenvalue weighted by atomic mass is 9.94. The Morgan fingerprint density at radius 2 is 1.44 bits per heavy atom. The summed E-state index contributed by atoms with van der Waals surface area (Å²) in [5.74, 6) is 0. The normalized spacial score (nSPS) is 20.6. The van der Waals surface area contributed by atoms with Gasteiger partial charge >= 0.3 is 6.09 Å². The second-order valence-electron chi connectivity index (χ2n) is 12.8. The predicted octanol–water partition coefficient (Wildman–Crippen LogP) is 5.79. The van der Waals surface area contributed by atoms with Crippen LogP contribution in [-0.2, 0) is 24.1 Å². The zero-order chi connectivity index (χ0) is 29.3. The van der Waals surface area contributed by atoms with Gasteiger partial charge in [-0.25, -0.2) is 9.48 Å². The molecule has 2 saturated carbocycles. The van der Waals surface area contributed by atoms with Gasteiger partial charge in [-0.1, -0.05) is 85.1 Å². The molecule has 3 fully saturated rings. The summed E-state index contributed by atoms with van der Waals surface area (Å²) in [7, 11) is 0. The molecule has 0 bridgehead atoms. The average molecular weight is 585 g/mol. The third-order valence-electron chi connectivity index (χ3n) is 9.71. The Kier molecular flexibility index (Phi) is 10.4. The molecule has 1 aliphatic heterocycles. The number of nitrogens with one attached hydrogen (secondary N) is 1. The second kappa shape index (κ2) is 15.0. The van der Waals surface area contributed by atoms with E-state index in [1.54, 1.807) is 0 Å². The molecule has 2 heterocycles. The van der Waals surface area contributed by atoms with Crippen LogP contribution in [0.2, 0.25) is 0 Å². The van der Waals surface area contributed by atoms with Crippen LogP contribution in [0, 0.1) is 0 Å². The van der Waals surface area contributed by atoms with E-state index in [4.69, 9.17) is 4.74 Å². The van der Waals surface area contributed by atoms with Crippen molar-refractivity contribution in [1.29, 1.82) is 0 Å². The highest BCUT2D eigenvalue weighted by molar-refractivity contribution is 5.68. The lowest BCUT2D eigenvalue weighted by Crippen LogP contribution is -2.50. The van der Waals surface area contributed by atoms with E-state index in [0.29, 0.717) is 6.42 Å². The molecule has 230 valence electrons. The molecule has 2 aromatic carbocycles. The van der Waals surface area contributed by atoms with Crippen LogP contribution in [0.4, 0.5) is 4.79 Å². The quantitative estimate of drug-likeness (QED) is 0.307. The van der Waals surface area contributed by atoms with E-state index in [-0.39, 0.29) is 24.3 Å². The fourth-order valence-electron chi connectivity index (χ4n) is 7.28. The minimum Gasteiger partial charge on any atom is -0.446 e. The van der Waals surface area contributed by atoms with E-state index in [1.807, 2.05) is 16.8 Å². The Balaban J connectivity index is 1.17. The SMILES string of the molecule is O=C(N[C@@H](Cc1ccccc1)[C@H](Cc1ccccc1)n1cc(CN2CCN(C3CCCCC3)CC2)nn1)OC1CCCC1. The maximum atomic E-state index is 13.2. The van der Waals surface area contributed by atoms with Gasteiger partial charge in [-0.05, 0) is 62.5 Å². The third kappa shape index (κ3) is 8.45. The molecule has 1 amide bonds. The van der Waals surface area contributed by atoms with Gasteiger partial charge < -0.3 is 10.1 Å². The van der Waals surface area contributed by atoms with Crippen molar-refractivity contribution in [3.8, 4) is 0 Å². The van der Waals surface area contributed by atoms with Crippen molar-refractivity contribution >= 4 is 6.09 Å². The number of hydrogen-bond donors (Lipinski definition) is 1. The minimum atomic E-state index is -0.331. The number of ether oxygens (including phenoxy) is 1. The van der Waals surface area contributed by atoms with Crippen molar-refractivity contribution in [2.24, 2.45) is 0 Å². The molecule has 8 heteroatoms. The van der Waals surface area contributed by atoms with E-state index in [1.165, 1.54) is 43.2 Å². The van der Waals surface area contributed by atoms with Crippen LogP contribution in [0.3, 0.4) is 0 Å². The van der Waals surface area contributed by atoms with E-state index < -0.39 is 0 Å². The van der Waals surface area contributed by atoms with Gasteiger partial charge in [0.15, 0.2) is 0 Å². The molecule has 8 nitrogen and oxygen atoms in total. The molecule has 1 saturated heterocycles. The second-order valence-corrected chi connectivity index (χ2v) is 12.8. The Morgan fingerprint density at radius 1 is 0.814 bits per heavy atom. The smallest absolute Gasteiger partial charge is 0.407 e. The van der Waals surface area contributed by atoms with Crippen LogP contribution < -0.4 is 5.32 Å². The van der Waals surface area contributed by atoms with Crippen molar-refractivity contribution in [3.05, 3.63) is 83.7 Å². The van der Waals surface area contributed by atoms with Gasteiger partial charge in [-0.3, -0.25) is 9.80 Å². The van der Waals surface area contributed by atoms with E-state index in [0.717, 1.165) is 76.6 Å². The van der Waals surface area contributed by atoms with Crippen LogP contribution >= 0.6 is 0 Å². The average Bonchev–Trinajstić information content (AvgIpc) is 3.74. The fourth-order valence-corrected chi connectivity index (χ4v) is 7.28. The molecule has 2 atom stereocenters. The number of alkyl carbamates (subject to hydrolysis) is 1. The van der Waals surface area contributed by atoms with Crippen molar-refractivity contribution in [2.45, 2.75) is 101 Å². The molecule has 6 rings (SSSR count). The number of nitrogens with zero attached hydrogens (tertiary/aromatic N) is 5. The number of aromatic nitrogens is 3. The molecule has 1 N–H and O–H groups in total. The first-order valence-corrected chi connectivity index (χ1v) is 16.6. The van der Waals surface area contributed by atoms with Gasteiger partial charge in [-0.2, -0.15) is 0 Å². The molecular weight excluding hydrogens is 536 g/mol. The zero-order valence-electron chi connectivity index (χ0n) is 25.5. The van der Waals surface area contributed by atoms with E-state index in [2.05, 4.69) is 80.2 Å². The first kappa shape index (κ1) is 29.8. The van der Waals surface area contributed by atoms with Gasteiger partial charge in [0.25, 0.3) is 0 Å². The molecule has 2 aliphatic carbocycles. The molecule has 3 aromatic rings. The Labute approximate surface area is 256 Å². The van der Waals surface area contributed by atoms with Crippen LogP contribution in [0.15, 0.2) is 66.9 Å². The lowest BCUT2D eigenvalue weighted by molar-refractivity contribution is 0.0749. The van der Waals surface area contributed by atoms with Gasteiger partial charge in [0.1, 0.15) is 6.10 Å².